The van der Waals surface area contributed by atoms with Gasteiger partial charge in [0.25, 0.3) is 0 Å². The van der Waals surface area contributed by atoms with E-state index in [4.69, 9.17) is 11.6 Å². The fourth-order valence-electron chi connectivity index (χ4n) is 0.502. The summed E-state index contributed by atoms with van der Waals surface area (Å²) in [7, 11) is 0. The van der Waals surface area contributed by atoms with Gasteiger partial charge in [0.15, 0.2) is 5.50 Å². The van der Waals surface area contributed by atoms with Crippen LogP contribution >= 0.6 is 12.6 Å². The van der Waals surface area contributed by atoms with Gasteiger partial charge in [-0.05, 0) is 0 Å². The molecule has 0 fully saturated rings. The Morgan fingerprint density at radius 1 is 1.78 bits per heavy atom. The van der Waals surface area contributed by atoms with Crippen LogP contribution in [0.3, 0.4) is 0 Å². The first kappa shape index (κ1) is 6.44. The number of allylic oxidation sites excluding steroid dienone is 1. The third-order valence-electron chi connectivity index (χ3n) is 0.922. The molecule has 0 bridgehead atoms. The van der Waals surface area contributed by atoms with Crippen LogP contribution in [0.25, 0.3) is 0 Å². The highest BCUT2D eigenvalue weighted by Crippen LogP contribution is 2.05. The topological polar surface area (TPSA) is 67.6 Å². The lowest BCUT2D eigenvalue weighted by Crippen LogP contribution is -2.35. The van der Waals surface area contributed by atoms with Gasteiger partial charge in [0, 0.05) is 12.4 Å². The molecule has 50 valence electrons. The lowest BCUT2D eigenvalue weighted by Gasteiger charge is -2.20. The van der Waals surface area contributed by atoms with Crippen molar-refractivity contribution in [3.63, 3.8) is 0 Å². The molecule has 0 radical (unpaired) electrons. The summed E-state index contributed by atoms with van der Waals surface area (Å²) in [5.41, 5.74) is 5.59. The summed E-state index contributed by atoms with van der Waals surface area (Å²) in [6, 6.07) is 0. The van der Waals surface area contributed by atoms with Gasteiger partial charge in [0.05, 0.1) is 5.70 Å². The van der Waals surface area contributed by atoms with Gasteiger partial charge in [-0.25, -0.2) is 5.84 Å². The van der Waals surface area contributed by atoms with Crippen LogP contribution < -0.4 is 11.6 Å². The molecule has 0 aliphatic carbocycles. The summed E-state index contributed by atoms with van der Waals surface area (Å²) in [6.07, 6.45) is 3.10. The molecule has 4 N–H and O–H groups in total. The van der Waals surface area contributed by atoms with E-state index in [9.17, 15) is 0 Å². The van der Waals surface area contributed by atoms with Crippen molar-refractivity contribution >= 4 is 18.8 Å². The van der Waals surface area contributed by atoms with Crippen LogP contribution in [0.5, 0.6) is 0 Å². The first-order valence-electron chi connectivity index (χ1n) is 2.42. The summed E-state index contributed by atoms with van der Waals surface area (Å²) in [4.78, 5) is 3.84. The average Bonchev–Trinajstić information content (AvgIpc) is 1.80. The Morgan fingerprint density at radius 2 is 2.44 bits per heavy atom. The molecular formula is C4H8N4S. The largest absolute Gasteiger partial charge is 0.396 e. The number of hydrogen-bond donors (Lipinski definition) is 3. The number of hydrogen-bond acceptors (Lipinski definition) is 5. The van der Waals surface area contributed by atoms with Crippen LogP contribution in [0.4, 0.5) is 0 Å². The smallest absolute Gasteiger partial charge is 0.178 e. The Kier molecular flexibility index (Phi) is 1.63. The van der Waals surface area contributed by atoms with E-state index >= 15 is 0 Å². The first-order chi connectivity index (χ1) is 4.20. The lowest BCUT2D eigenvalue weighted by molar-refractivity contribution is 0.373. The first-order valence-corrected chi connectivity index (χ1v) is 2.93. The molecule has 1 heterocycles. The highest BCUT2D eigenvalue weighted by Gasteiger charge is 2.07. The zero-order chi connectivity index (χ0) is 6.85. The number of rotatable bonds is 0. The SMILES string of the molecule is NC1=CN(N)C(S)N=C1. The molecule has 1 atom stereocenters. The zero-order valence-electron chi connectivity index (χ0n) is 4.73. The molecule has 4 nitrogen and oxygen atoms in total. The maximum Gasteiger partial charge on any atom is 0.178 e. The van der Waals surface area contributed by atoms with E-state index in [1.54, 1.807) is 6.20 Å². The minimum absolute atomic E-state index is 0.294. The van der Waals surface area contributed by atoms with Gasteiger partial charge in [-0.15, -0.1) is 12.6 Å². The van der Waals surface area contributed by atoms with Gasteiger partial charge in [-0.2, -0.15) is 0 Å². The van der Waals surface area contributed by atoms with Crippen molar-refractivity contribution < 1.29 is 0 Å². The second kappa shape index (κ2) is 2.28. The number of hydrazine groups is 1. The third kappa shape index (κ3) is 1.36. The second-order valence-electron chi connectivity index (χ2n) is 1.70. The molecule has 1 aliphatic rings. The summed E-state index contributed by atoms with van der Waals surface area (Å²) in [5.74, 6) is 5.36. The van der Waals surface area contributed by atoms with Crippen molar-refractivity contribution in [2.24, 2.45) is 16.6 Å². The maximum atomic E-state index is 5.36. The molecule has 1 unspecified atom stereocenters. The summed E-state index contributed by atoms with van der Waals surface area (Å²) >= 11 is 4.00. The van der Waals surface area contributed by atoms with Crippen LogP contribution in [0.15, 0.2) is 16.9 Å². The Labute approximate surface area is 58.6 Å². The quantitative estimate of drug-likeness (QED) is 0.310. The van der Waals surface area contributed by atoms with Gasteiger partial charge < -0.3 is 5.73 Å². The number of aliphatic imine (C=N–C) groups is 1. The van der Waals surface area contributed by atoms with E-state index in [1.807, 2.05) is 0 Å². The number of thiol groups is 1. The van der Waals surface area contributed by atoms with Crippen molar-refractivity contribution in [1.29, 1.82) is 0 Å². The fraction of sp³-hybridized carbons (Fsp3) is 0.250. The van der Waals surface area contributed by atoms with E-state index in [0.717, 1.165) is 0 Å². The second-order valence-corrected chi connectivity index (χ2v) is 2.16. The molecule has 0 saturated heterocycles. The Hall–Kier alpha value is -0.680. The van der Waals surface area contributed by atoms with E-state index in [-0.39, 0.29) is 5.50 Å². The van der Waals surface area contributed by atoms with Crippen LogP contribution in [-0.2, 0) is 0 Å². The van der Waals surface area contributed by atoms with Crippen LogP contribution in [0.1, 0.15) is 0 Å². The van der Waals surface area contributed by atoms with Gasteiger partial charge in [-0.3, -0.25) is 10.0 Å². The van der Waals surface area contributed by atoms with Crippen molar-refractivity contribution in [2.45, 2.75) is 5.50 Å². The molecule has 0 saturated carbocycles. The van der Waals surface area contributed by atoms with Crippen molar-refractivity contribution in [1.82, 2.24) is 5.01 Å². The van der Waals surface area contributed by atoms with E-state index < -0.39 is 0 Å². The van der Waals surface area contributed by atoms with Gasteiger partial charge in [0.2, 0.25) is 0 Å². The summed E-state index contributed by atoms with van der Waals surface area (Å²) in [5, 5.41) is 1.33. The highest BCUT2D eigenvalue weighted by molar-refractivity contribution is 7.80. The predicted octanol–water partition coefficient (Wildman–Crippen LogP) is -0.740. The molecule has 0 spiro atoms. The predicted molar refractivity (Wildman–Crippen MR) is 39.6 cm³/mol. The van der Waals surface area contributed by atoms with Gasteiger partial charge >= 0.3 is 0 Å². The molecule has 0 amide bonds. The monoisotopic (exact) mass is 144 g/mol. The number of nitrogens with two attached hydrogens (primary N) is 2. The summed E-state index contributed by atoms with van der Waals surface area (Å²) < 4.78 is 0. The Balaban J connectivity index is 2.70. The summed E-state index contributed by atoms with van der Waals surface area (Å²) in [6.45, 7) is 0. The van der Waals surface area contributed by atoms with Crippen LogP contribution in [0.2, 0.25) is 0 Å². The molecule has 0 aromatic carbocycles. The van der Waals surface area contributed by atoms with Crippen LogP contribution in [-0.4, -0.2) is 16.7 Å². The molecule has 9 heavy (non-hydrogen) atoms. The van der Waals surface area contributed by atoms with E-state index in [0.29, 0.717) is 5.70 Å². The standard InChI is InChI=1S/C4H8N4S/c5-3-1-7-4(9)8(6)2-3/h1-2,4,9H,5-6H2. The lowest BCUT2D eigenvalue weighted by atomic mass is 10.5. The molecular weight excluding hydrogens is 136 g/mol. The molecule has 0 aromatic heterocycles. The number of nitrogens with zero attached hydrogens (tertiary/aromatic N) is 2. The van der Waals surface area contributed by atoms with E-state index in [2.05, 4.69) is 17.6 Å². The fourth-order valence-corrected chi connectivity index (χ4v) is 0.635. The molecule has 1 aliphatic heterocycles. The molecule has 5 heteroatoms. The minimum Gasteiger partial charge on any atom is -0.396 e. The van der Waals surface area contributed by atoms with Gasteiger partial charge in [0.1, 0.15) is 0 Å². The van der Waals surface area contributed by atoms with E-state index in [1.165, 1.54) is 11.2 Å². The highest BCUT2D eigenvalue weighted by atomic mass is 32.1. The third-order valence-corrected chi connectivity index (χ3v) is 1.32. The normalized spacial score (nSPS) is 26.2. The average molecular weight is 144 g/mol. The molecule has 0 aromatic rings. The Morgan fingerprint density at radius 3 is 2.89 bits per heavy atom. The zero-order valence-corrected chi connectivity index (χ0v) is 5.62. The van der Waals surface area contributed by atoms with Crippen molar-refractivity contribution in [3.8, 4) is 0 Å². The maximum absolute atomic E-state index is 5.36. The molecule has 1 rings (SSSR count). The van der Waals surface area contributed by atoms with Gasteiger partial charge in [-0.1, -0.05) is 0 Å². The Bertz CT molecular complexity index is 164. The van der Waals surface area contributed by atoms with Crippen molar-refractivity contribution in [2.75, 3.05) is 0 Å². The van der Waals surface area contributed by atoms with Crippen molar-refractivity contribution in [3.05, 3.63) is 11.9 Å². The minimum atomic E-state index is -0.294. The van der Waals surface area contributed by atoms with Crippen LogP contribution in [0, 0.1) is 0 Å².